The highest BCUT2D eigenvalue weighted by atomic mass is 79.9. The van der Waals surface area contributed by atoms with Crippen molar-refractivity contribution in [1.29, 1.82) is 0 Å². The molecule has 2 rings (SSSR count). The van der Waals surface area contributed by atoms with E-state index in [0.29, 0.717) is 0 Å². The zero-order valence-corrected chi connectivity index (χ0v) is 11.9. The maximum Gasteiger partial charge on any atom is 0.249 e. The van der Waals surface area contributed by atoms with Gasteiger partial charge < -0.3 is 0 Å². The summed E-state index contributed by atoms with van der Waals surface area (Å²) in [5, 5.41) is 0. The van der Waals surface area contributed by atoms with Crippen molar-refractivity contribution < 1.29 is 8.78 Å². The molecule has 0 N–H and O–H groups in total. The molecule has 0 aliphatic heterocycles. The highest BCUT2D eigenvalue weighted by Crippen LogP contribution is 2.50. The molecule has 94 valence electrons. The summed E-state index contributed by atoms with van der Waals surface area (Å²) in [5.41, 5.74) is 2.29. The highest BCUT2D eigenvalue weighted by Gasteiger charge is 2.46. The molecule has 0 saturated heterocycles. The normalized spacial score (nSPS) is 20.1. The molecule has 0 spiro atoms. The summed E-state index contributed by atoms with van der Waals surface area (Å²) in [6.07, 6.45) is -0.0294. The quantitative estimate of drug-likeness (QED) is 0.664. The standard InChI is InChI=1S/C14H17BrF2/c1-13(2,3)10-4-5-12(15)11(6-10)9-7-14(16,17)8-9/h4-6,9H,7-8H2,1-3H3. The van der Waals surface area contributed by atoms with E-state index in [9.17, 15) is 8.78 Å². The predicted molar refractivity (Wildman–Crippen MR) is 69.8 cm³/mol. The van der Waals surface area contributed by atoms with Crippen LogP contribution in [0.1, 0.15) is 50.7 Å². The maximum atomic E-state index is 12.9. The Morgan fingerprint density at radius 1 is 1.24 bits per heavy atom. The lowest BCUT2D eigenvalue weighted by Gasteiger charge is -2.36. The second kappa shape index (κ2) is 4.04. The fourth-order valence-electron chi connectivity index (χ4n) is 2.20. The molecular formula is C14H17BrF2. The van der Waals surface area contributed by atoms with Gasteiger partial charge in [0, 0.05) is 17.3 Å². The lowest BCUT2D eigenvalue weighted by molar-refractivity contribution is -0.0869. The molecule has 0 unspecified atom stereocenters. The summed E-state index contributed by atoms with van der Waals surface area (Å²) >= 11 is 3.47. The van der Waals surface area contributed by atoms with Gasteiger partial charge in [-0.15, -0.1) is 0 Å². The van der Waals surface area contributed by atoms with Gasteiger partial charge in [-0.25, -0.2) is 8.78 Å². The van der Waals surface area contributed by atoms with Crippen molar-refractivity contribution in [2.24, 2.45) is 0 Å². The number of alkyl halides is 2. The van der Waals surface area contributed by atoms with Gasteiger partial charge >= 0.3 is 0 Å². The molecule has 0 atom stereocenters. The number of hydrogen-bond donors (Lipinski definition) is 0. The molecule has 1 fully saturated rings. The summed E-state index contributed by atoms with van der Waals surface area (Å²) < 4.78 is 26.8. The minimum Gasteiger partial charge on any atom is -0.207 e. The Balaban J connectivity index is 2.29. The summed E-state index contributed by atoms with van der Waals surface area (Å²) in [6, 6.07) is 6.11. The van der Waals surface area contributed by atoms with E-state index in [4.69, 9.17) is 0 Å². The zero-order valence-electron chi connectivity index (χ0n) is 10.4. The number of rotatable bonds is 1. The average molecular weight is 303 g/mol. The van der Waals surface area contributed by atoms with E-state index in [2.05, 4.69) is 48.8 Å². The Bertz CT molecular complexity index is 424. The Kier molecular flexibility index (Phi) is 3.09. The summed E-state index contributed by atoms with van der Waals surface area (Å²) in [7, 11) is 0. The Morgan fingerprint density at radius 3 is 2.29 bits per heavy atom. The molecule has 0 heterocycles. The van der Waals surface area contributed by atoms with Crippen molar-refractivity contribution in [2.75, 3.05) is 0 Å². The van der Waals surface area contributed by atoms with Gasteiger partial charge in [-0.05, 0) is 28.5 Å². The number of benzene rings is 1. The van der Waals surface area contributed by atoms with Crippen LogP contribution in [-0.4, -0.2) is 5.92 Å². The van der Waals surface area contributed by atoms with E-state index in [-0.39, 0.29) is 24.2 Å². The van der Waals surface area contributed by atoms with Crippen LogP contribution >= 0.6 is 15.9 Å². The minimum atomic E-state index is -2.46. The van der Waals surface area contributed by atoms with Crippen LogP contribution in [0.3, 0.4) is 0 Å². The van der Waals surface area contributed by atoms with E-state index < -0.39 is 5.92 Å². The Labute approximate surface area is 110 Å². The first-order chi connectivity index (χ1) is 7.69. The van der Waals surface area contributed by atoms with Crippen LogP contribution in [0.2, 0.25) is 0 Å². The second-order valence-corrected chi connectivity index (χ2v) is 6.80. The third-order valence-corrected chi connectivity index (χ3v) is 4.11. The molecular weight excluding hydrogens is 286 g/mol. The average Bonchev–Trinajstić information content (AvgIpc) is 2.13. The van der Waals surface area contributed by atoms with Gasteiger partial charge in [-0.3, -0.25) is 0 Å². The Morgan fingerprint density at radius 2 is 1.82 bits per heavy atom. The third-order valence-electron chi connectivity index (χ3n) is 3.39. The zero-order chi connectivity index (χ0) is 12.8. The SMILES string of the molecule is CC(C)(C)c1ccc(Br)c(C2CC(F)(F)C2)c1. The molecule has 0 bridgehead atoms. The largest absolute Gasteiger partial charge is 0.249 e. The van der Waals surface area contributed by atoms with Crippen LogP contribution in [0.5, 0.6) is 0 Å². The fraction of sp³-hybridized carbons (Fsp3) is 0.571. The van der Waals surface area contributed by atoms with Crippen molar-refractivity contribution in [1.82, 2.24) is 0 Å². The smallest absolute Gasteiger partial charge is 0.207 e. The molecule has 0 aromatic heterocycles. The molecule has 0 amide bonds. The lowest BCUT2D eigenvalue weighted by atomic mass is 9.75. The van der Waals surface area contributed by atoms with Gasteiger partial charge in [0.2, 0.25) is 5.92 Å². The molecule has 1 aliphatic carbocycles. The maximum absolute atomic E-state index is 12.9. The van der Waals surface area contributed by atoms with E-state index in [0.717, 1.165) is 10.0 Å². The van der Waals surface area contributed by atoms with Crippen LogP contribution in [-0.2, 0) is 5.41 Å². The minimum absolute atomic E-state index is 0.00155. The molecule has 3 heteroatoms. The molecule has 1 aromatic rings. The molecule has 0 nitrogen and oxygen atoms in total. The molecule has 17 heavy (non-hydrogen) atoms. The van der Waals surface area contributed by atoms with Gasteiger partial charge in [-0.1, -0.05) is 48.8 Å². The van der Waals surface area contributed by atoms with E-state index in [1.807, 2.05) is 6.07 Å². The van der Waals surface area contributed by atoms with E-state index >= 15 is 0 Å². The van der Waals surface area contributed by atoms with Crippen molar-refractivity contribution in [3.05, 3.63) is 33.8 Å². The first-order valence-electron chi connectivity index (χ1n) is 5.87. The van der Waals surface area contributed by atoms with Crippen molar-refractivity contribution >= 4 is 15.9 Å². The second-order valence-electron chi connectivity index (χ2n) is 5.95. The topological polar surface area (TPSA) is 0 Å². The molecule has 1 saturated carbocycles. The summed E-state index contributed by atoms with van der Waals surface area (Å²) in [4.78, 5) is 0. The summed E-state index contributed by atoms with van der Waals surface area (Å²) in [5.74, 6) is -2.45. The first-order valence-corrected chi connectivity index (χ1v) is 6.66. The van der Waals surface area contributed by atoms with Crippen molar-refractivity contribution in [2.45, 2.75) is 50.9 Å². The van der Waals surface area contributed by atoms with E-state index in [1.165, 1.54) is 5.56 Å². The van der Waals surface area contributed by atoms with Gasteiger partial charge in [0.15, 0.2) is 0 Å². The third kappa shape index (κ3) is 2.70. The van der Waals surface area contributed by atoms with E-state index in [1.54, 1.807) is 0 Å². The van der Waals surface area contributed by atoms with Crippen LogP contribution < -0.4 is 0 Å². The van der Waals surface area contributed by atoms with Crippen LogP contribution in [0, 0.1) is 0 Å². The van der Waals surface area contributed by atoms with Gasteiger partial charge in [0.1, 0.15) is 0 Å². The van der Waals surface area contributed by atoms with Crippen molar-refractivity contribution in [3.8, 4) is 0 Å². The number of halogens is 3. The first kappa shape index (κ1) is 13.0. The van der Waals surface area contributed by atoms with Crippen LogP contribution in [0.4, 0.5) is 8.78 Å². The van der Waals surface area contributed by atoms with Gasteiger partial charge in [-0.2, -0.15) is 0 Å². The van der Waals surface area contributed by atoms with Gasteiger partial charge in [0.25, 0.3) is 0 Å². The van der Waals surface area contributed by atoms with Crippen molar-refractivity contribution in [3.63, 3.8) is 0 Å². The number of hydrogen-bond acceptors (Lipinski definition) is 0. The fourth-order valence-corrected chi connectivity index (χ4v) is 2.77. The summed E-state index contributed by atoms with van der Waals surface area (Å²) in [6.45, 7) is 6.40. The predicted octanol–water partition coefficient (Wildman–Crippen LogP) is 5.26. The monoisotopic (exact) mass is 302 g/mol. The molecule has 1 aromatic carbocycles. The van der Waals surface area contributed by atoms with Crippen LogP contribution in [0.15, 0.2) is 22.7 Å². The molecule has 0 radical (unpaired) electrons. The molecule has 1 aliphatic rings. The van der Waals surface area contributed by atoms with Crippen LogP contribution in [0.25, 0.3) is 0 Å². The van der Waals surface area contributed by atoms with Gasteiger partial charge in [0.05, 0.1) is 0 Å². The Hall–Kier alpha value is -0.440. The lowest BCUT2D eigenvalue weighted by Crippen LogP contribution is -2.34. The highest BCUT2D eigenvalue weighted by molar-refractivity contribution is 9.10.